The first-order valence-corrected chi connectivity index (χ1v) is 5.09. The average molecular weight is 164 g/mol. The van der Waals surface area contributed by atoms with Crippen LogP contribution in [0, 0.1) is 23.7 Å². The zero-order valence-electron chi connectivity index (χ0n) is 7.64. The first-order valence-electron chi connectivity index (χ1n) is 5.09. The van der Waals surface area contributed by atoms with E-state index in [-0.39, 0.29) is 5.60 Å². The van der Waals surface area contributed by atoms with Crippen molar-refractivity contribution in [2.24, 2.45) is 11.8 Å². The SMILES string of the molecule is C[C]1[C]2CC3CC(C2)CC1(O)C3. The maximum absolute atomic E-state index is 10.3. The Bertz CT molecular complexity index is 197. The van der Waals surface area contributed by atoms with Gasteiger partial charge in [-0.1, -0.05) is 6.92 Å². The summed E-state index contributed by atoms with van der Waals surface area (Å²) in [6.07, 6.45) is 6.09. The molecular weight excluding hydrogens is 148 g/mol. The van der Waals surface area contributed by atoms with Crippen LogP contribution in [0.4, 0.5) is 0 Å². The summed E-state index contributed by atoms with van der Waals surface area (Å²) in [5.41, 5.74) is -0.362. The van der Waals surface area contributed by atoms with Gasteiger partial charge in [0.15, 0.2) is 0 Å². The standard InChI is InChI=1S/C11H16O/c1-7-10-3-8-2-9(4-10)6-11(7,12)5-8/h8-9,12H,2-6H2,1H3. The molecule has 12 heavy (non-hydrogen) atoms. The highest BCUT2D eigenvalue weighted by Crippen LogP contribution is 2.60. The fraction of sp³-hybridized carbons (Fsp3) is 0.818. The Labute approximate surface area is 74.2 Å². The molecule has 4 saturated carbocycles. The number of hydrogen-bond acceptors (Lipinski definition) is 1. The second-order valence-corrected chi connectivity index (χ2v) is 5.04. The summed E-state index contributed by atoms with van der Waals surface area (Å²) >= 11 is 0. The molecule has 2 atom stereocenters. The molecule has 66 valence electrons. The van der Waals surface area contributed by atoms with Crippen molar-refractivity contribution < 1.29 is 5.11 Å². The van der Waals surface area contributed by atoms with Crippen molar-refractivity contribution in [2.75, 3.05) is 0 Å². The van der Waals surface area contributed by atoms with Crippen LogP contribution >= 0.6 is 0 Å². The molecule has 2 unspecified atom stereocenters. The molecule has 2 radical (unpaired) electrons. The van der Waals surface area contributed by atoms with Gasteiger partial charge in [0.2, 0.25) is 0 Å². The van der Waals surface area contributed by atoms with E-state index in [4.69, 9.17) is 0 Å². The minimum atomic E-state index is -0.362. The van der Waals surface area contributed by atoms with Crippen LogP contribution in [-0.2, 0) is 0 Å². The molecule has 0 aromatic heterocycles. The zero-order valence-corrected chi connectivity index (χ0v) is 7.64. The van der Waals surface area contributed by atoms with Crippen molar-refractivity contribution in [1.29, 1.82) is 0 Å². The van der Waals surface area contributed by atoms with Crippen molar-refractivity contribution in [1.82, 2.24) is 0 Å². The van der Waals surface area contributed by atoms with Crippen molar-refractivity contribution in [3.63, 3.8) is 0 Å². The van der Waals surface area contributed by atoms with Gasteiger partial charge in [0.1, 0.15) is 0 Å². The Morgan fingerprint density at radius 3 is 2.33 bits per heavy atom. The lowest BCUT2D eigenvalue weighted by molar-refractivity contribution is -0.0658. The minimum Gasteiger partial charge on any atom is -0.389 e. The van der Waals surface area contributed by atoms with E-state index in [0.717, 1.165) is 24.7 Å². The third-order valence-corrected chi connectivity index (χ3v) is 4.22. The highest BCUT2D eigenvalue weighted by Gasteiger charge is 2.54. The molecule has 1 N–H and O–H groups in total. The molecule has 0 spiro atoms. The van der Waals surface area contributed by atoms with E-state index in [2.05, 4.69) is 6.92 Å². The van der Waals surface area contributed by atoms with Crippen LogP contribution < -0.4 is 0 Å². The Hall–Kier alpha value is -0.0400. The molecule has 4 rings (SSSR count). The second kappa shape index (κ2) is 2.06. The Kier molecular flexibility index (Phi) is 1.27. The molecule has 0 aromatic carbocycles. The summed E-state index contributed by atoms with van der Waals surface area (Å²) in [7, 11) is 0. The van der Waals surface area contributed by atoms with Crippen molar-refractivity contribution >= 4 is 0 Å². The van der Waals surface area contributed by atoms with Gasteiger partial charge in [-0.25, -0.2) is 0 Å². The maximum atomic E-state index is 10.3. The summed E-state index contributed by atoms with van der Waals surface area (Å²) in [5.74, 6) is 4.56. The molecule has 4 fully saturated rings. The lowest BCUT2D eigenvalue weighted by atomic mass is 9.50. The van der Waals surface area contributed by atoms with E-state index in [1.54, 1.807) is 5.92 Å². The average Bonchev–Trinajstić information content (AvgIpc) is 1.98. The number of hydrogen-bond donors (Lipinski definition) is 1. The highest BCUT2D eigenvalue weighted by atomic mass is 16.3. The van der Waals surface area contributed by atoms with Gasteiger partial charge in [0, 0.05) is 5.92 Å². The summed E-state index contributed by atoms with van der Waals surface area (Å²) < 4.78 is 0. The lowest BCUT2D eigenvalue weighted by Gasteiger charge is -2.57. The van der Waals surface area contributed by atoms with Gasteiger partial charge in [-0.15, -0.1) is 0 Å². The first-order chi connectivity index (χ1) is 5.67. The molecule has 0 aliphatic heterocycles. The van der Waals surface area contributed by atoms with Crippen LogP contribution in [0.1, 0.15) is 39.0 Å². The van der Waals surface area contributed by atoms with Crippen molar-refractivity contribution in [2.45, 2.75) is 44.6 Å². The molecule has 0 aromatic rings. The van der Waals surface area contributed by atoms with Gasteiger partial charge < -0.3 is 5.11 Å². The third-order valence-electron chi connectivity index (χ3n) is 4.22. The third kappa shape index (κ3) is 0.783. The van der Waals surface area contributed by atoms with E-state index in [1.165, 1.54) is 25.2 Å². The van der Waals surface area contributed by atoms with Crippen LogP contribution in [0.5, 0.6) is 0 Å². The summed E-state index contributed by atoms with van der Waals surface area (Å²) in [4.78, 5) is 0. The van der Waals surface area contributed by atoms with Crippen LogP contribution in [0.3, 0.4) is 0 Å². The number of rotatable bonds is 0. The summed E-state index contributed by atoms with van der Waals surface area (Å²) in [6, 6.07) is 0. The van der Waals surface area contributed by atoms with Gasteiger partial charge in [0.05, 0.1) is 5.60 Å². The van der Waals surface area contributed by atoms with Crippen LogP contribution in [0.2, 0.25) is 0 Å². The highest BCUT2D eigenvalue weighted by molar-refractivity contribution is 5.33. The van der Waals surface area contributed by atoms with Crippen molar-refractivity contribution in [3.8, 4) is 0 Å². The first kappa shape index (κ1) is 7.37. The molecule has 0 amide bonds. The van der Waals surface area contributed by atoms with Crippen LogP contribution in [0.15, 0.2) is 0 Å². The predicted molar refractivity (Wildman–Crippen MR) is 47.2 cm³/mol. The monoisotopic (exact) mass is 164 g/mol. The largest absolute Gasteiger partial charge is 0.389 e. The summed E-state index contributed by atoms with van der Waals surface area (Å²) in [5, 5.41) is 10.3. The lowest BCUT2D eigenvalue weighted by Crippen LogP contribution is -2.54. The number of aliphatic hydroxyl groups is 1. The van der Waals surface area contributed by atoms with E-state index >= 15 is 0 Å². The quantitative estimate of drug-likeness (QED) is 0.581. The Morgan fingerprint density at radius 2 is 1.83 bits per heavy atom. The smallest absolute Gasteiger partial charge is 0.0718 e. The predicted octanol–water partition coefficient (Wildman–Crippen LogP) is 2.11. The Balaban J connectivity index is 1.97. The molecule has 0 heterocycles. The van der Waals surface area contributed by atoms with Gasteiger partial charge in [-0.2, -0.15) is 0 Å². The van der Waals surface area contributed by atoms with Gasteiger partial charge in [-0.3, -0.25) is 0 Å². The molecule has 4 aliphatic carbocycles. The van der Waals surface area contributed by atoms with E-state index in [9.17, 15) is 5.11 Å². The van der Waals surface area contributed by atoms with E-state index < -0.39 is 0 Å². The fourth-order valence-corrected chi connectivity index (χ4v) is 3.71. The van der Waals surface area contributed by atoms with Crippen LogP contribution in [-0.4, -0.2) is 10.7 Å². The normalized spacial score (nSPS) is 53.5. The van der Waals surface area contributed by atoms with Crippen LogP contribution in [0.25, 0.3) is 0 Å². The summed E-state index contributed by atoms with van der Waals surface area (Å²) in [6.45, 7) is 2.15. The van der Waals surface area contributed by atoms with Gasteiger partial charge in [0.25, 0.3) is 0 Å². The molecule has 4 bridgehead atoms. The minimum absolute atomic E-state index is 0.362. The topological polar surface area (TPSA) is 20.2 Å². The van der Waals surface area contributed by atoms with E-state index in [0.29, 0.717) is 0 Å². The Morgan fingerprint density at radius 1 is 1.25 bits per heavy atom. The van der Waals surface area contributed by atoms with Gasteiger partial charge in [-0.05, 0) is 49.9 Å². The van der Waals surface area contributed by atoms with E-state index in [1.807, 2.05) is 0 Å². The zero-order chi connectivity index (χ0) is 8.34. The van der Waals surface area contributed by atoms with Gasteiger partial charge >= 0.3 is 0 Å². The maximum Gasteiger partial charge on any atom is 0.0718 e. The molecule has 0 saturated heterocycles. The second-order valence-electron chi connectivity index (χ2n) is 5.04. The fourth-order valence-electron chi connectivity index (χ4n) is 3.71. The molecule has 1 heteroatoms. The molecule has 1 nitrogen and oxygen atoms in total. The van der Waals surface area contributed by atoms with Crippen molar-refractivity contribution in [3.05, 3.63) is 11.8 Å². The molecular formula is C11H16O. The molecule has 4 aliphatic rings.